The first-order valence-electron chi connectivity index (χ1n) is 19.9. The van der Waals surface area contributed by atoms with Gasteiger partial charge in [0.15, 0.2) is 0 Å². The summed E-state index contributed by atoms with van der Waals surface area (Å²) in [5.41, 5.74) is 10.0. The summed E-state index contributed by atoms with van der Waals surface area (Å²) < 4.78 is 2.21. The van der Waals surface area contributed by atoms with Gasteiger partial charge < -0.3 is 24.8 Å². The van der Waals surface area contributed by atoms with Crippen molar-refractivity contribution in [2.75, 3.05) is 0 Å². The van der Waals surface area contributed by atoms with E-state index in [4.69, 9.17) is 0 Å². The van der Waals surface area contributed by atoms with Gasteiger partial charge in [0.2, 0.25) is 0 Å². The molecule has 0 N–H and O–H groups in total. The van der Waals surface area contributed by atoms with Crippen molar-refractivity contribution in [3.05, 3.63) is 112 Å². The fraction of sp³-hybridized carbons (Fsp3) is 0.520. The molecule has 4 aromatic rings. The van der Waals surface area contributed by atoms with Crippen molar-refractivity contribution in [3.63, 3.8) is 0 Å². The molecule has 53 heavy (non-hydrogen) atoms. The Balaban J connectivity index is 0.000000180. The zero-order valence-corrected chi connectivity index (χ0v) is 38.5. The molecule has 4 bridgehead atoms. The maximum absolute atomic E-state index is 3.57. The van der Waals surface area contributed by atoms with Gasteiger partial charge in [-0.05, 0) is 72.5 Å². The van der Waals surface area contributed by atoms with Gasteiger partial charge in [0.1, 0.15) is 0 Å². The first-order chi connectivity index (χ1) is 23.8. The van der Waals surface area contributed by atoms with Crippen LogP contribution >= 0.6 is 0 Å². The summed E-state index contributed by atoms with van der Waals surface area (Å²) in [6.07, 6.45) is 16.7. The molecule has 1 atom stereocenters. The van der Waals surface area contributed by atoms with Crippen molar-refractivity contribution in [2.45, 2.75) is 137 Å². The molecule has 1 unspecified atom stereocenters. The summed E-state index contributed by atoms with van der Waals surface area (Å²) >= 11 is 1.46. The molecule has 3 heteroatoms. The molecule has 0 saturated heterocycles. The third-order valence-corrected chi connectivity index (χ3v) is 13.3. The van der Waals surface area contributed by atoms with Gasteiger partial charge in [-0.3, -0.25) is 6.08 Å². The first-order valence-corrected chi connectivity index (χ1v) is 21.3. The Kier molecular flexibility index (Phi) is 14.0. The smallest absolute Gasteiger partial charge is 0.0202 e. The number of hydrogen-bond donors (Lipinski definition) is 0. The Morgan fingerprint density at radius 3 is 1.45 bits per heavy atom. The molecule has 0 spiro atoms. The fourth-order valence-electron chi connectivity index (χ4n) is 10.0. The molecule has 0 heterocycles. The van der Waals surface area contributed by atoms with Gasteiger partial charge in [0.05, 0.1) is 0 Å². The van der Waals surface area contributed by atoms with E-state index in [1.165, 1.54) is 80.0 Å². The second-order valence-corrected chi connectivity index (χ2v) is 20.8. The van der Waals surface area contributed by atoms with E-state index in [1.807, 2.05) is 0 Å². The second-order valence-electron chi connectivity index (χ2n) is 20.1. The molecular formula is C50H64Cl2Zr-2. The summed E-state index contributed by atoms with van der Waals surface area (Å²) in [4.78, 5) is 0. The molecule has 4 fully saturated rings. The first kappa shape index (κ1) is 44.1. The SMILES string of the molecule is CC(C)(C)c1ccc([CH]=[Zr+2])cc1.CC(C)(C)c1ccc2c(c1)[cH-]c1cc(C(C)(C)C)ccc12.CC1=[C-]C(C)C=C1CC12CC3CC(CC(C3)C1)C2.[Cl-].[Cl-]. The van der Waals surface area contributed by atoms with Crippen molar-refractivity contribution < 1.29 is 49.0 Å². The van der Waals surface area contributed by atoms with E-state index in [2.05, 4.69) is 159 Å². The van der Waals surface area contributed by atoms with Crippen LogP contribution in [0.3, 0.4) is 0 Å². The molecule has 5 aliphatic carbocycles. The summed E-state index contributed by atoms with van der Waals surface area (Å²) in [6.45, 7) is 24.9. The Morgan fingerprint density at radius 2 is 1.09 bits per heavy atom. The average molecular weight is 827 g/mol. The van der Waals surface area contributed by atoms with Gasteiger partial charge in [-0.25, -0.2) is 5.57 Å². The van der Waals surface area contributed by atoms with Gasteiger partial charge in [0.25, 0.3) is 0 Å². The summed E-state index contributed by atoms with van der Waals surface area (Å²) in [6, 6.07) is 25.0. The average Bonchev–Trinajstić information content (AvgIpc) is 3.56. The van der Waals surface area contributed by atoms with Crippen molar-refractivity contribution in [2.24, 2.45) is 29.1 Å². The van der Waals surface area contributed by atoms with E-state index >= 15 is 0 Å². The molecule has 9 rings (SSSR count). The Morgan fingerprint density at radius 1 is 0.679 bits per heavy atom. The van der Waals surface area contributed by atoms with Crippen LogP contribution in [0.2, 0.25) is 0 Å². The minimum atomic E-state index is 0. The number of rotatable bonds is 3. The summed E-state index contributed by atoms with van der Waals surface area (Å²) in [5, 5.41) is 5.48. The van der Waals surface area contributed by atoms with Crippen LogP contribution in [-0.4, -0.2) is 3.71 Å². The van der Waals surface area contributed by atoms with Crippen LogP contribution in [0, 0.1) is 35.2 Å². The Hall–Kier alpha value is -1.66. The maximum Gasteiger partial charge on any atom is -0.0202 e. The zero-order chi connectivity index (χ0) is 36.9. The molecule has 284 valence electrons. The van der Waals surface area contributed by atoms with Gasteiger partial charge in [-0.15, -0.1) is 39.7 Å². The molecule has 0 aliphatic heterocycles. The second kappa shape index (κ2) is 16.8. The van der Waals surface area contributed by atoms with Crippen LogP contribution in [0.5, 0.6) is 0 Å². The van der Waals surface area contributed by atoms with Crippen LogP contribution < -0.4 is 24.8 Å². The van der Waals surface area contributed by atoms with E-state index < -0.39 is 0 Å². The minimum Gasteiger partial charge on any atom is -1.00 e. The molecule has 4 saturated carbocycles. The Labute approximate surface area is 350 Å². The van der Waals surface area contributed by atoms with Crippen LogP contribution in [0.15, 0.2) is 84.0 Å². The van der Waals surface area contributed by atoms with E-state index in [-0.39, 0.29) is 41.1 Å². The minimum absolute atomic E-state index is 0. The largest absolute Gasteiger partial charge is 1.00 e. The van der Waals surface area contributed by atoms with Gasteiger partial charge in [0, 0.05) is 0 Å². The topological polar surface area (TPSA) is 0 Å². The summed E-state index contributed by atoms with van der Waals surface area (Å²) in [7, 11) is 0. The molecular weight excluding hydrogens is 763 g/mol. The quantitative estimate of drug-likeness (QED) is 0.185. The molecule has 5 aliphatic rings. The predicted octanol–water partition coefficient (Wildman–Crippen LogP) is 7.91. The van der Waals surface area contributed by atoms with Crippen molar-refractivity contribution in [1.29, 1.82) is 0 Å². The van der Waals surface area contributed by atoms with Crippen LogP contribution in [0.4, 0.5) is 0 Å². The molecule has 0 radical (unpaired) electrons. The molecule has 4 aromatic carbocycles. The number of benzene rings is 3. The number of halogens is 2. The predicted molar refractivity (Wildman–Crippen MR) is 220 cm³/mol. The standard InChI is InChI=1S/C21H25.C18H25.C11H14.2ClH.Zr/c1-20(2,3)16-7-9-18-14(12-16)11-15-13-17(21(4,5)6)8-10-19(15)18;1-12-3-13(2)17(4-12)11-18-8-14-5-15(9-18)7-16(6-14)10-18;1-9-5-7-10(8-6-9)11(2,3)4;;;/h7-13H,1-6H3;4,12,14-16H,5-11H2,1-2H3;1,5-8H,2-4H3;2*1H;/q2*-1;;;;+2/p-2. The zero-order valence-electron chi connectivity index (χ0n) is 34.5. The fourth-order valence-corrected chi connectivity index (χ4v) is 10.5. The summed E-state index contributed by atoms with van der Waals surface area (Å²) in [5.74, 6) is 3.82. The van der Waals surface area contributed by atoms with Crippen molar-refractivity contribution in [1.82, 2.24) is 0 Å². The maximum atomic E-state index is 3.57. The number of allylic oxidation sites excluding steroid dienone is 4. The number of hydrogen-bond acceptors (Lipinski definition) is 0. The van der Waals surface area contributed by atoms with Gasteiger partial charge in [-0.2, -0.15) is 11.6 Å². The van der Waals surface area contributed by atoms with Crippen molar-refractivity contribution >= 4 is 25.3 Å². The van der Waals surface area contributed by atoms with Crippen LogP contribution in [0.25, 0.3) is 21.5 Å². The van der Waals surface area contributed by atoms with Crippen LogP contribution in [0.1, 0.15) is 143 Å². The van der Waals surface area contributed by atoms with E-state index in [0.717, 1.165) is 17.8 Å². The normalized spacial score (nSPS) is 24.6. The van der Waals surface area contributed by atoms with E-state index in [0.29, 0.717) is 11.3 Å². The van der Waals surface area contributed by atoms with E-state index in [1.54, 1.807) is 44.1 Å². The molecule has 0 aromatic heterocycles. The van der Waals surface area contributed by atoms with E-state index in [9.17, 15) is 0 Å². The van der Waals surface area contributed by atoms with Gasteiger partial charge in [-0.1, -0.05) is 103 Å². The number of fused-ring (bicyclic) bond motifs is 3. The third-order valence-electron chi connectivity index (χ3n) is 12.5. The van der Waals surface area contributed by atoms with Crippen molar-refractivity contribution in [3.8, 4) is 0 Å². The monoisotopic (exact) mass is 824 g/mol. The third kappa shape index (κ3) is 10.4. The Bertz CT molecular complexity index is 1830. The van der Waals surface area contributed by atoms with Gasteiger partial charge >= 0.3 is 89.5 Å². The molecule has 0 amide bonds. The van der Waals surface area contributed by atoms with Crippen LogP contribution in [-0.2, 0) is 40.5 Å². The molecule has 0 nitrogen and oxygen atoms in total.